The van der Waals surface area contributed by atoms with E-state index in [4.69, 9.17) is 37.6 Å². The summed E-state index contributed by atoms with van der Waals surface area (Å²) in [4.78, 5) is 24.7. The van der Waals surface area contributed by atoms with Gasteiger partial charge in [-0.05, 0) is 162 Å². The number of furan rings is 4. The molecule has 2 aliphatic heterocycles. The minimum absolute atomic E-state index is 0. The van der Waals surface area contributed by atoms with Crippen LogP contribution >= 0.6 is 0 Å². The van der Waals surface area contributed by atoms with Crippen LogP contribution in [0, 0.1) is 0 Å². The molecule has 1 aliphatic carbocycles. The van der Waals surface area contributed by atoms with Gasteiger partial charge in [-0.1, -0.05) is 170 Å². The molecule has 9 heteroatoms. The molecule has 0 atom stereocenters. The van der Waals surface area contributed by atoms with Gasteiger partial charge >= 0.3 is 21.1 Å². The molecule has 12 aromatic carbocycles. The Balaban J connectivity index is 0.00000597. The van der Waals surface area contributed by atoms with Crippen LogP contribution in [0.4, 0.5) is 0 Å². The predicted octanol–water partition coefficient (Wildman–Crippen LogP) is 22.8. The third kappa shape index (κ3) is 7.70. The molecule has 0 saturated heterocycles. The van der Waals surface area contributed by atoms with E-state index >= 15 is 0 Å². The molecule has 3 aliphatic rings. The number of hydrogen-bond acceptors (Lipinski definition) is 6. The fraction of sp³-hybridized carbons (Fsp3) is 0. The van der Waals surface area contributed by atoms with Crippen LogP contribution in [0.1, 0.15) is 0 Å². The van der Waals surface area contributed by atoms with Crippen molar-refractivity contribution in [3.63, 3.8) is 0 Å². The summed E-state index contributed by atoms with van der Waals surface area (Å²) in [6, 6.07) is 93.8. The molecule has 21 rings (SSSR count). The van der Waals surface area contributed by atoms with E-state index in [0.29, 0.717) is 67.9 Å². The van der Waals surface area contributed by atoms with E-state index in [1.807, 2.05) is 48.5 Å². The third-order valence-corrected chi connectivity index (χ3v) is 19.1. The van der Waals surface area contributed by atoms with Crippen molar-refractivity contribution in [1.82, 2.24) is 19.9 Å². The normalized spacial score (nSPS) is 12.2. The number of fused-ring (bicyclic) bond motifs is 8. The van der Waals surface area contributed by atoms with Gasteiger partial charge in [-0.25, -0.2) is 9.97 Å². The van der Waals surface area contributed by atoms with Crippen molar-refractivity contribution in [1.29, 1.82) is 0 Å². The van der Waals surface area contributed by atoms with E-state index in [1.54, 1.807) is 0 Å². The van der Waals surface area contributed by atoms with Crippen molar-refractivity contribution in [3.05, 3.63) is 267 Å². The fourth-order valence-corrected chi connectivity index (χ4v) is 14.8. The summed E-state index contributed by atoms with van der Waals surface area (Å²) < 4.78 is 28.9. The van der Waals surface area contributed by atoms with Crippen molar-refractivity contribution in [2.75, 3.05) is 0 Å². The maximum absolute atomic E-state index is 7.24. The molecule has 0 amide bonds. The molecule has 0 N–H and O–H groups in total. The Morgan fingerprint density at radius 3 is 0.624 bits per heavy atom. The molecular weight excluding hydrogens is 1320 g/mol. The quantitative estimate of drug-likeness (QED) is 0.172. The maximum atomic E-state index is 7.24. The topological polar surface area (TPSA) is 107 Å². The van der Waals surface area contributed by atoms with Gasteiger partial charge in [0.2, 0.25) is 0 Å². The second kappa shape index (κ2) is 19.6. The molecular formula is C84H44N4O4Pt. The van der Waals surface area contributed by atoms with E-state index in [2.05, 4.69) is 218 Å². The van der Waals surface area contributed by atoms with Crippen molar-refractivity contribution in [2.24, 2.45) is 0 Å². The second-order valence-electron chi connectivity index (χ2n) is 24.3. The Morgan fingerprint density at radius 1 is 0.215 bits per heavy atom. The minimum Gasteiger partial charge on any atom is -0.656 e. The first-order valence-electron chi connectivity index (χ1n) is 31.0. The Kier molecular flexibility index (Phi) is 10.9. The second-order valence-corrected chi connectivity index (χ2v) is 24.3. The number of rotatable bonds is 4. The average molecular weight is 1370 g/mol. The average Bonchev–Trinajstić information content (AvgIpc) is 1.56. The zero-order chi connectivity index (χ0) is 59.9. The Morgan fingerprint density at radius 2 is 0.409 bits per heavy atom. The van der Waals surface area contributed by atoms with Crippen LogP contribution < -0.4 is 9.97 Å². The third-order valence-electron chi connectivity index (χ3n) is 19.1. The molecule has 8 heterocycles. The van der Waals surface area contributed by atoms with Crippen LogP contribution in [-0.2, 0) is 21.1 Å². The molecule has 0 spiro atoms. The standard InChI is InChI=1S/C84H44N4O4.Pt/c1-2-18-46-34-58-57(33-45(46)17-1)77-73(69-41-53-25-9-13-29-65(53)89-69)79-59-35-47-19-3-4-20-48(47)36-60(59)81(86-79)75(71-43-55-27-11-15-31-67(55)91-71)83-63-39-51-23-7-8-24-52(51)40-64(63)84(88-83)76(72-44-56-28-12-16-32-68(56)92-72)82-62-38-50-22-6-5-21-49(50)37-61(62)80(87-82)74(78(58)85-77)70-42-54-26-10-14-30-66(54)90-70;/h1-44H;/q-2;+2. The van der Waals surface area contributed by atoms with Gasteiger partial charge in [0.05, 0.1) is 22.8 Å². The first-order chi connectivity index (χ1) is 45.5. The molecule has 434 valence electrons. The molecule has 0 fully saturated rings. The van der Waals surface area contributed by atoms with Gasteiger partial charge in [0.1, 0.15) is 45.4 Å². The Bertz CT molecular complexity index is 5750. The summed E-state index contributed by atoms with van der Waals surface area (Å²) in [6.45, 7) is 0. The molecule has 18 aromatic rings. The summed E-state index contributed by atoms with van der Waals surface area (Å²) >= 11 is 0. The molecule has 8 nitrogen and oxygen atoms in total. The maximum Gasteiger partial charge on any atom is 2.00 e. The van der Waals surface area contributed by atoms with Crippen molar-refractivity contribution in [3.8, 4) is 90.3 Å². The Labute approximate surface area is 542 Å². The van der Waals surface area contributed by atoms with Crippen LogP contribution in [0.3, 0.4) is 0 Å². The summed E-state index contributed by atoms with van der Waals surface area (Å²) in [5, 5.41) is 15.9. The van der Waals surface area contributed by atoms with Crippen molar-refractivity contribution >= 4 is 131 Å². The van der Waals surface area contributed by atoms with Crippen LogP contribution in [0.5, 0.6) is 0 Å². The van der Waals surface area contributed by atoms with Gasteiger partial charge < -0.3 is 27.6 Å². The van der Waals surface area contributed by atoms with E-state index in [-0.39, 0.29) is 21.1 Å². The summed E-state index contributed by atoms with van der Waals surface area (Å²) in [7, 11) is 0. The molecule has 0 radical (unpaired) electrons. The minimum atomic E-state index is 0. The van der Waals surface area contributed by atoms with Crippen LogP contribution in [0.25, 0.3) is 221 Å². The molecule has 93 heavy (non-hydrogen) atoms. The number of benzene rings is 12. The first kappa shape index (κ1) is 52.0. The summed E-state index contributed by atoms with van der Waals surface area (Å²) in [5.74, 6) is 2.45. The van der Waals surface area contributed by atoms with Gasteiger partial charge in [0, 0.05) is 66.1 Å². The van der Waals surface area contributed by atoms with Crippen LogP contribution in [0.2, 0.25) is 0 Å². The van der Waals surface area contributed by atoms with Gasteiger partial charge in [0.15, 0.2) is 0 Å². The SMILES string of the molecule is [Pt+2].c1ccc2cc3c(cc2c1)-c1nc-3c(-c2cc3ccccc3o2)c2[n-]c(c(-c3cc4ccccc4o3)c3nc(c(-c4cc5ccccc5o4)c4[n-]c(c1-c1cc5ccccc5o1)c1cc5ccccc5cc41)-c1cc4ccccc4cc1-3)c1cc3ccccc3cc21. The van der Waals surface area contributed by atoms with E-state index in [0.717, 1.165) is 153 Å². The Hall–Kier alpha value is -11.8. The van der Waals surface area contributed by atoms with Gasteiger partial charge in [-0.2, -0.15) is 0 Å². The smallest absolute Gasteiger partial charge is 0.656 e. The predicted molar refractivity (Wildman–Crippen MR) is 374 cm³/mol. The van der Waals surface area contributed by atoms with E-state index < -0.39 is 0 Å². The molecule has 6 aromatic heterocycles. The van der Waals surface area contributed by atoms with E-state index in [1.165, 1.54) is 0 Å². The first-order valence-corrected chi connectivity index (χ1v) is 31.0. The van der Waals surface area contributed by atoms with Crippen molar-refractivity contribution in [2.45, 2.75) is 0 Å². The zero-order valence-electron chi connectivity index (χ0n) is 49.1. The van der Waals surface area contributed by atoms with Gasteiger partial charge in [-0.15, -0.1) is 22.1 Å². The number of nitrogens with zero attached hydrogens (tertiary/aromatic N) is 4. The van der Waals surface area contributed by atoms with Crippen LogP contribution in [0.15, 0.2) is 285 Å². The molecule has 0 saturated carbocycles. The number of aromatic nitrogens is 4. The summed E-state index contributed by atoms with van der Waals surface area (Å²) in [5.41, 5.74) is 15.0. The summed E-state index contributed by atoms with van der Waals surface area (Å²) in [6.07, 6.45) is 0. The number of para-hydroxylation sites is 4. The fourth-order valence-electron chi connectivity index (χ4n) is 14.8. The van der Waals surface area contributed by atoms with E-state index in [9.17, 15) is 0 Å². The monoisotopic (exact) mass is 1370 g/mol. The van der Waals surface area contributed by atoms with Gasteiger partial charge in [-0.3, -0.25) is 0 Å². The van der Waals surface area contributed by atoms with Crippen molar-refractivity contribution < 1.29 is 38.7 Å². The van der Waals surface area contributed by atoms with Gasteiger partial charge in [0.25, 0.3) is 0 Å². The van der Waals surface area contributed by atoms with Crippen LogP contribution in [-0.4, -0.2) is 9.97 Å². The zero-order valence-corrected chi connectivity index (χ0v) is 51.4. The molecule has 0 unspecified atom stereocenters. The number of hydrogen-bond donors (Lipinski definition) is 0. The largest absolute Gasteiger partial charge is 2.00 e. The molecule has 8 bridgehead atoms.